The molecule has 0 unspecified atom stereocenters. The van der Waals surface area contributed by atoms with Crippen molar-refractivity contribution < 1.29 is 9.47 Å². The molecule has 3 nitrogen and oxygen atoms in total. The third-order valence-electron chi connectivity index (χ3n) is 2.41. The summed E-state index contributed by atoms with van der Waals surface area (Å²) in [6.07, 6.45) is 2.03. The van der Waals surface area contributed by atoms with Crippen molar-refractivity contribution in [2.24, 2.45) is 5.73 Å². The molecule has 1 aromatic rings. The lowest BCUT2D eigenvalue weighted by Crippen LogP contribution is -2.08. The van der Waals surface area contributed by atoms with E-state index in [0.717, 1.165) is 30.8 Å². The van der Waals surface area contributed by atoms with Gasteiger partial charge in [0, 0.05) is 25.3 Å². The maximum Gasteiger partial charge on any atom is 0.124 e. The van der Waals surface area contributed by atoms with Crippen LogP contribution in [0.15, 0.2) is 24.3 Å². The van der Waals surface area contributed by atoms with Gasteiger partial charge in [0.05, 0.1) is 6.61 Å². The second-order valence-electron chi connectivity index (χ2n) is 3.87. The highest BCUT2D eigenvalue weighted by atomic mass is 16.5. The summed E-state index contributed by atoms with van der Waals surface area (Å²) in [6, 6.07) is 7.94. The number of methoxy groups -OCH3 is 1. The lowest BCUT2D eigenvalue weighted by atomic mass is 10.1. The lowest BCUT2D eigenvalue weighted by Gasteiger charge is -2.13. The van der Waals surface area contributed by atoms with Crippen LogP contribution in [0.2, 0.25) is 0 Å². The van der Waals surface area contributed by atoms with Gasteiger partial charge in [-0.15, -0.1) is 0 Å². The number of hydrogen-bond acceptors (Lipinski definition) is 3. The predicted molar refractivity (Wildman–Crippen MR) is 65.6 cm³/mol. The minimum absolute atomic E-state index is 0.00942. The van der Waals surface area contributed by atoms with Gasteiger partial charge >= 0.3 is 0 Å². The number of unbranched alkanes of at least 4 members (excludes halogenated alkanes) is 1. The molecule has 0 saturated carbocycles. The summed E-state index contributed by atoms with van der Waals surface area (Å²) in [7, 11) is 1.71. The van der Waals surface area contributed by atoms with E-state index in [9.17, 15) is 0 Å². The molecule has 0 amide bonds. The topological polar surface area (TPSA) is 44.5 Å². The molecule has 0 heterocycles. The Labute approximate surface area is 97.6 Å². The van der Waals surface area contributed by atoms with E-state index in [-0.39, 0.29) is 6.04 Å². The summed E-state index contributed by atoms with van der Waals surface area (Å²) in [5.41, 5.74) is 6.93. The van der Waals surface area contributed by atoms with Crippen molar-refractivity contribution in [3.8, 4) is 5.75 Å². The summed E-state index contributed by atoms with van der Waals surface area (Å²) in [4.78, 5) is 0. The van der Waals surface area contributed by atoms with Crippen LogP contribution in [0.5, 0.6) is 5.75 Å². The first kappa shape index (κ1) is 13.0. The highest BCUT2D eigenvalue weighted by Crippen LogP contribution is 2.23. The zero-order valence-corrected chi connectivity index (χ0v) is 10.1. The van der Waals surface area contributed by atoms with Gasteiger partial charge in [0.1, 0.15) is 5.75 Å². The van der Waals surface area contributed by atoms with E-state index in [1.54, 1.807) is 7.11 Å². The van der Waals surface area contributed by atoms with Gasteiger partial charge in [0.15, 0.2) is 0 Å². The van der Waals surface area contributed by atoms with Crippen molar-refractivity contribution in [1.29, 1.82) is 0 Å². The largest absolute Gasteiger partial charge is 0.493 e. The molecule has 1 rings (SSSR count). The maximum absolute atomic E-state index is 5.87. The van der Waals surface area contributed by atoms with Crippen molar-refractivity contribution >= 4 is 0 Å². The zero-order chi connectivity index (χ0) is 11.8. The molecule has 0 fully saturated rings. The third kappa shape index (κ3) is 4.21. The van der Waals surface area contributed by atoms with Crippen LogP contribution in [0.25, 0.3) is 0 Å². The molecule has 16 heavy (non-hydrogen) atoms. The van der Waals surface area contributed by atoms with Gasteiger partial charge < -0.3 is 15.2 Å². The molecule has 1 aromatic carbocycles. The van der Waals surface area contributed by atoms with Crippen molar-refractivity contribution in [1.82, 2.24) is 0 Å². The average molecular weight is 223 g/mol. The Hall–Kier alpha value is -1.06. The van der Waals surface area contributed by atoms with Crippen molar-refractivity contribution in [2.75, 3.05) is 20.3 Å². The summed E-state index contributed by atoms with van der Waals surface area (Å²) in [5.74, 6) is 0.898. The van der Waals surface area contributed by atoms with Crippen LogP contribution in [0.4, 0.5) is 0 Å². The number of rotatable bonds is 7. The molecular weight excluding hydrogens is 202 g/mol. The third-order valence-corrected chi connectivity index (χ3v) is 2.41. The standard InChI is InChI=1S/C13H21NO2/c1-11(14)12-7-3-4-8-13(12)16-10-6-5-9-15-2/h3-4,7-8,11H,5-6,9-10,14H2,1-2H3/t11-/m0/s1. The molecule has 0 bridgehead atoms. The van der Waals surface area contributed by atoms with Gasteiger partial charge in [-0.1, -0.05) is 18.2 Å². The quantitative estimate of drug-likeness (QED) is 0.722. The molecular formula is C13H21NO2. The normalized spacial score (nSPS) is 12.4. The molecule has 1 atom stereocenters. The van der Waals surface area contributed by atoms with Crippen molar-refractivity contribution in [3.05, 3.63) is 29.8 Å². The van der Waals surface area contributed by atoms with Gasteiger partial charge in [-0.25, -0.2) is 0 Å². The predicted octanol–water partition coefficient (Wildman–Crippen LogP) is 2.51. The van der Waals surface area contributed by atoms with Crippen LogP contribution in [0.3, 0.4) is 0 Å². The molecule has 0 aliphatic heterocycles. The summed E-state index contributed by atoms with van der Waals surface area (Å²) in [5, 5.41) is 0. The van der Waals surface area contributed by atoms with E-state index >= 15 is 0 Å². The molecule has 0 aliphatic carbocycles. The summed E-state index contributed by atoms with van der Waals surface area (Å²) < 4.78 is 10.7. The fourth-order valence-corrected chi connectivity index (χ4v) is 1.52. The van der Waals surface area contributed by atoms with E-state index in [1.807, 2.05) is 31.2 Å². The van der Waals surface area contributed by atoms with Crippen LogP contribution < -0.4 is 10.5 Å². The highest BCUT2D eigenvalue weighted by molar-refractivity contribution is 5.35. The molecule has 0 aromatic heterocycles. The Morgan fingerprint density at radius 3 is 2.56 bits per heavy atom. The fraction of sp³-hybridized carbons (Fsp3) is 0.538. The Morgan fingerprint density at radius 1 is 1.19 bits per heavy atom. The van der Waals surface area contributed by atoms with Gasteiger partial charge in [0.2, 0.25) is 0 Å². The van der Waals surface area contributed by atoms with Gasteiger partial charge in [-0.2, -0.15) is 0 Å². The van der Waals surface area contributed by atoms with Crippen molar-refractivity contribution in [2.45, 2.75) is 25.8 Å². The maximum atomic E-state index is 5.87. The van der Waals surface area contributed by atoms with E-state index < -0.39 is 0 Å². The molecule has 0 spiro atoms. The van der Waals surface area contributed by atoms with Crippen LogP contribution in [-0.2, 0) is 4.74 Å². The van der Waals surface area contributed by atoms with E-state index in [1.165, 1.54) is 0 Å². The summed E-state index contributed by atoms with van der Waals surface area (Å²) in [6.45, 7) is 3.47. The second kappa shape index (κ2) is 7.25. The fourth-order valence-electron chi connectivity index (χ4n) is 1.52. The molecule has 0 saturated heterocycles. The molecule has 2 N–H and O–H groups in total. The number of ether oxygens (including phenoxy) is 2. The van der Waals surface area contributed by atoms with Gasteiger partial charge in [-0.3, -0.25) is 0 Å². The van der Waals surface area contributed by atoms with Crippen LogP contribution >= 0.6 is 0 Å². The smallest absolute Gasteiger partial charge is 0.124 e. The zero-order valence-electron chi connectivity index (χ0n) is 10.1. The van der Waals surface area contributed by atoms with E-state index in [0.29, 0.717) is 6.61 Å². The highest BCUT2D eigenvalue weighted by Gasteiger charge is 2.06. The molecule has 90 valence electrons. The van der Waals surface area contributed by atoms with Crippen LogP contribution in [-0.4, -0.2) is 20.3 Å². The second-order valence-corrected chi connectivity index (χ2v) is 3.87. The first-order chi connectivity index (χ1) is 7.75. The van der Waals surface area contributed by atoms with E-state index in [2.05, 4.69) is 0 Å². The molecule has 3 heteroatoms. The Kier molecular flexibility index (Phi) is 5.90. The SMILES string of the molecule is COCCCCOc1ccccc1[C@H](C)N. The summed E-state index contributed by atoms with van der Waals surface area (Å²) >= 11 is 0. The number of para-hydroxylation sites is 1. The van der Waals surface area contributed by atoms with E-state index in [4.69, 9.17) is 15.2 Å². The van der Waals surface area contributed by atoms with Crippen LogP contribution in [0, 0.1) is 0 Å². The monoisotopic (exact) mass is 223 g/mol. The lowest BCUT2D eigenvalue weighted by molar-refractivity contribution is 0.184. The minimum Gasteiger partial charge on any atom is -0.493 e. The molecule has 0 aliphatic rings. The number of hydrogen-bond donors (Lipinski definition) is 1. The minimum atomic E-state index is 0.00942. The van der Waals surface area contributed by atoms with Crippen LogP contribution in [0.1, 0.15) is 31.4 Å². The Balaban J connectivity index is 2.41. The van der Waals surface area contributed by atoms with Gasteiger partial charge in [-0.05, 0) is 25.8 Å². The first-order valence-corrected chi connectivity index (χ1v) is 5.72. The van der Waals surface area contributed by atoms with Crippen molar-refractivity contribution in [3.63, 3.8) is 0 Å². The Morgan fingerprint density at radius 2 is 1.88 bits per heavy atom. The van der Waals surface area contributed by atoms with Gasteiger partial charge in [0.25, 0.3) is 0 Å². The number of nitrogens with two attached hydrogens (primary N) is 1. The molecule has 0 radical (unpaired) electrons. The Bertz CT molecular complexity index is 300. The average Bonchev–Trinajstić information content (AvgIpc) is 2.29. The number of benzene rings is 1. The first-order valence-electron chi connectivity index (χ1n) is 5.72.